The highest BCUT2D eigenvalue weighted by atomic mass is 35.7. The van der Waals surface area contributed by atoms with E-state index in [-0.39, 0.29) is 10.8 Å². The molecule has 1 atom stereocenters. The molecule has 0 N–H and O–H groups in total. The summed E-state index contributed by atoms with van der Waals surface area (Å²) in [5.41, 5.74) is 0.448. The van der Waals surface area contributed by atoms with E-state index in [1.807, 2.05) is 20.8 Å². The molecule has 0 aliphatic carbocycles. The summed E-state index contributed by atoms with van der Waals surface area (Å²) in [5, 5.41) is 0. The lowest BCUT2D eigenvalue weighted by molar-refractivity contribution is -0.127. The molecule has 5 nitrogen and oxygen atoms in total. The van der Waals surface area contributed by atoms with Gasteiger partial charge in [-0.15, -0.1) is 0 Å². The van der Waals surface area contributed by atoms with Gasteiger partial charge in [0.05, 0.1) is 10.6 Å². The van der Waals surface area contributed by atoms with Gasteiger partial charge in [0.2, 0.25) is 0 Å². The van der Waals surface area contributed by atoms with Crippen molar-refractivity contribution in [3.05, 3.63) is 18.2 Å². The van der Waals surface area contributed by atoms with E-state index in [1.165, 1.54) is 17.0 Å². The number of halogens is 1. The van der Waals surface area contributed by atoms with E-state index >= 15 is 0 Å². The fourth-order valence-electron chi connectivity index (χ4n) is 2.36. The molecule has 1 aromatic carbocycles. The number of amides is 1. The molecule has 0 saturated heterocycles. The minimum Gasteiger partial charge on any atom is -0.478 e. The highest BCUT2D eigenvalue weighted by Crippen LogP contribution is 2.37. The first-order valence-electron chi connectivity index (χ1n) is 6.80. The maximum absolute atomic E-state index is 12.4. The molecule has 2 rings (SSSR count). The van der Waals surface area contributed by atoms with Crippen LogP contribution in [0.2, 0.25) is 0 Å². The molecule has 7 heteroatoms. The maximum Gasteiger partial charge on any atom is 0.268 e. The van der Waals surface area contributed by atoms with Gasteiger partial charge in [0.1, 0.15) is 5.75 Å². The van der Waals surface area contributed by atoms with Crippen LogP contribution in [0.5, 0.6) is 5.75 Å². The summed E-state index contributed by atoms with van der Waals surface area (Å²) < 4.78 is 28.6. The van der Waals surface area contributed by atoms with E-state index in [9.17, 15) is 13.2 Å². The van der Waals surface area contributed by atoms with Crippen LogP contribution in [0, 0.1) is 5.92 Å². The number of likely N-dealkylation sites (N-methyl/N-ethyl adjacent to an activating group) is 1. The van der Waals surface area contributed by atoms with Gasteiger partial charge in [-0.2, -0.15) is 0 Å². The van der Waals surface area contributed by atoms with Gasteiger partial charge in [-0.3, -0.25) is 4.79 Å². The Balaban J connectivity index is 2.46. The lowest BCUT2D eigenvalue weighted by atomic mass is 10.0. The zero-order chi connectivity index (χ0) is 15.8. The minimum atomic E-state index is -3.84. The fraction of sp³-hybridized carbons (Fsp3) is 0.500. The van der Waals surface area contributed by atoms with Crippen LogP contribution >= 0.6 is 10.7 Å². The summed E-state index contributed by atoms with van der Waals surface area (Å²) in [6.07, 6.45) is 0.0838. The van der Waals surface area contributed by atoms with Gasteiger partial charge in [0.25, 0.3) is 15.0 Å². The summed E-state index contributed by atoms with van der Waals surface area (Å²) >= 11 is 0. The number of rotatable bonds is 4. The Hall–Kier alpha value is -1.27. The minimum absolute atomic E-state index is 0.0416. The summed E-state index contributed by atoms with van der Waals surface area (Å²) in [7, 11) is 1.51. The first-order chi connectivity index (χ1) is 9.74. The predicted molar refractivity (Wildman–Crippen MR) is 81.4 cm³/mol. The summed E-state index contributed by atoms with van der Waals surface area (Å²) in [6.45, 7) is 6.31. The van der Waals surface area contributed by atoms with Crippen LogP contribution in [-0.4, -0.2) is 27.0 Å². The number of nitrogens with zero attached hydrogens (tertiary/aromatic N) is 1. The first kappa shape index (κ1) is 16.1. The Labute approximate surface area is 129 Å². The molecule has 0 saturated carbocycles. The van der Waals surface area contributed by atoms with Gasteiger partial charge in [0.15, 0.2) is 6.10 Å². The number of fused-ring (bicyclic) bond motifs is 1. The molecule has 0 fully saturated rings. The third-order valence-corrected chi connectivity index (χ3v) is 4.67. The van der Waals surface area contributed by atoms with Crippen LogP contribution in [0.25, 0.3) is 0 Å². The summed E-state index contributed by atoms with van der Waals surface area (Å²) in [6, 6.07) is 4.31. The molecule has 1 heterocycles. The highest BCUT2D eigenvalue weighted by Gasteiger charge is 2.34. The monoisotopic (exact) mass is 331 g/mol. The number of carbonyl (C=O) groups is 1. The largest absolute Gasteiger partial charge is 0.478 e. The van der Waals surface area contributed by atoms with E-state index in [0.29, 0.717) is 30.3 Å². The molecule has 1 aliphatic rings. The Morgan fingerprint density at radius 3 is 2.57 bits per heavy atom. The van der Waals surface area contributed by atoms with Crippen molar-refractivity contribution >= 4 is 31.3 Å². The van der Waals surface area contributed by atoms with Crippen molar-refractivity contribution in [1.82, 2.24) is 0 Å². The van der Waals surface area contributed by atoms with E-state index in [4.69, 9.17) is 15.4 Å². The van der Waals surface area contributed by atoms with Crippen LogP contribution < -0.4 is 9.64 Å². The van der Waals surface area contributed by atoms with E-state index in [0.717, 1.165) is 0 Å². The van der Waals surface area contributed by atoms with Crippen LogP contribution in [0.3, 0.4) is 0 Å². The number of anilines is 1. The van der Waals surface area contributed by atoms with Crippen molar-refractivity contribution < 1.29 is 17.9 Å². The Kier molecular flexibility index (Phi) is 4.49. The van der Waals surface area contributed by atoms with Crippen LogP contribution in [0.1, 0.15) is 27.2 Å². The Morgan fingerprint density at radius 1 is 1.38 bits per heavy atom. The smallest absolute Gasteiger partial charge is 0.268 e. The molecular formula is C14H18ClNO4S. The van der Waals surface area contributed by atoms with Gasteiger partial charge < -0.3 is 9.64 Å². The lowest BCUT2D eigenvalue weighted by Crippen LogP contribution is -2.46. The second-order valence-electron chi connectivity index (χ2n) is 5.39. The number of hydrogen-bond donors (Lipinski definition) is 0. The van der Waals surface area contributed by atoms with Crippen molar-refractivity contribution in [3.63, 3.8) is 0 Å². The number of carbonyl (C=O) groups excluding carboxylic acids is 1. The Bertz CT molecular complexity index is 657. The summed E-state index contributed by atoms with van der Waals surface area (Å²) in [4.78, 5) is 13.9. The number of benzene rings is 1. The van der Waals surface area contributed by atoms with Gasteiger partial charge in [-0.1, -0.05) is 13.8 Å². The molecule has 1 amide bonds. The van der Waals surface area contributed by atoms with Crippen LogP contribution in [0.15, 0.2) is 23.1 Å². The second-order valence-corrected chi connectivity index (χ2v) is 7.95. The summed E-state index contributed by atoms with van der Waals surface area (Å²) in [5.74, 6) is 0.677. The standard InChI is InChI=1S/C14H18ClNO4S/c1-4-16-11-8-10(21(15,18)19)5-6-12(11)20-13(14(16)17)7-9(2)3/h5-6,8-9,13H,4,7H2,1-3H3. The van der Waals surface area contributed by atoms with E-state index in [2.05, 4.69) is 0 Å². The molecule has 0 aromatic heterocycles. The van der Waals surface area contributed by atoms with Crippen molar-refractivity contribution in [3.8, 4) is 5.75 Å². The molecule has 1 aromatic rings. The average molecular weight is 332 g/mol. The third-order valence-electron chi connectivity index (χ3n) is 3.32. The highest BCUT2D eigenvalue weighted by molar-refractivity contribution is 8.13. The SMILES string of the molecule is CCN1C(=O)C(CC(C)C)Oc2ccc(S(=O)(=O)Cl)cc21. The zero-order valence-electron chi connectivity index (χ0n) is 12.2. The molecule has 0 spiro atoms. The fourth-order valence-corrected chi connectivity index (χ4v) is 3.13. The Morgan fingerprint density at radius 2 is 2.05 bits per heavy atom. The van der Waals surface area contributed by atoms with Gasteiger partial charge in [-0.05, 0) is 37.5 Å². The molecular weight excluding hydrogens is 314 g/mol. The van der Waals surface area contributed by atoms with E-state index < -0.39 is 15.2 Å². The second kappa shape index (κ2) is 5.85. The van der Waals surface area contributed by atoms with Gasteiger partial charge in [0, 0.05) is 17.2 Å². The average Bonchev–Trinajstić information content (AvgIpc) is 2.37. The molecule has 0 radical (unpaired) electrons. The van der Waals surface area contributed by atoms with Gasteiger partial charge in [-0.25, -0.2) is 8.42 Å². The van der Waals surface area contributed by atoms with Gasteiger partial charge >= 0.3 is 0 Å². The predicted octanol–water partition coefficient (Wildman–Crippen LogP) is 2.77. The zero-order valence-corrected chi connectivity index (χ0v) is 13.7. The molecule has 21 heavy (non-hydrogen) atoms. The normalized spacial score (nSPS) is 18.6. The maximum atomic E-state index is 12.4. The topological polar surface area (TPSA) is 63.7 Å². The first-order valence-corrected chi connectivity index (χ1v) is 9.11. The van der Waals surface area contributed by atoms with Crippen molar-refractivity contribution in [1.29, 1.82) is 0 Å². The molecule has 1 aliphatic heterocycles. The quantitative estimate of drug-likeness (QED) is 0.796. The van der Waals surface area contributed by atoms with Crippen molar-refractivity contribution in [2.24, 2.45) is 5.92 Å². The van der Waals surface area contributed by atoms with Crippen LogP contribution in [0.4, 0.5) is 5.69 Å². The molecule has 1 unspecified atom stereocenters. The third kappa shape index (κ3) is 3.32. The molecule has 116 valence electrons. The van der Waals surface area contributed by atoms with Crippen LogP contribution in [-0.2, 0) is 13.8 Å². The molecule has 0 bridgehead atoms. The number of hydrogen-bond acceptors (Lipinski definition) is 4. The lowest BCUT2D eigenvalue weighted by Gasteiger charge is -2.34. The number of ether oxygens (including phenoxy) is 1. The van der Waals surface area contributed by atoms with E-state index in [1.54, 1.807) is 6.07 Å². The van der Waals surface area contributed by atoms with Crippen molar-refractivity contribution in [2.75, 3.05) is 11.4 Å². The van der Waals surface area contributed by atoms with Crippen molar-refractivity contribution in [2.45, 2.75) is 38.2 Å².